The summed E-state index contributed by atoms with van der Waals surface area (Å²) in [7, 11) is 0. The van der Waals surface area contributed by atoms with Gasteiger partial charge in [0.15, 0.2) is 0 Å². The topological polar surface area (TPSA) is 64.0 Å². The molecule has 5 nitrogen and oxygen atoms in total. The number of amides is 1. The maximum absolute atomic E-state index is 12.1. The van der Waals surface area contributed by atoms with Crippen LogP contribution in [0.5, 0.6) is 0 Å². The second kappa shape index (κ2) is 5.97. The van der Waals surface area contributed by atoms with E-state index >= 15 is 0 Å². The highest BCUT2D eigenvalue weighted by molar-refractivity contribution is 7.16. The van der Waals surface area contributed by atoms with E-state index in [0.29, 0.717) is 22.7 Å². The van der Waals surface area contributed by atoms with Crippen LogP contribution in [0, 0.1) is 5.92 Å². The molecule has 1 amide bonds. The summed E-state index contributed by atoms with van der Waals surface area (Å²) in [4.78, 5) is 28.7. The molecule has 1 N–H and O–H groups in total. The quantitative estimate of drug-likeness (QED) is 0.904. The smallest absolute Gasteiger partial charge is 0.262 e. The number of carbonyl (C=O) groups is 1. The van der Waals surface area contributed by atoms with Gasteiger partial charge in [-0.2, -0.15) is 0 Å². The number of fused-ring (bicyclic) bond motifs is 1. The van der Waals surface area contributed by atoms with Crippen molar-refractivity contribution in [2.24, 2.45) is 5.92 Å². The van der Waals surface area contributed by atoms with Crippen molar-refractivity contribution in [3.05, 3.63) is 28.1 Å². The van der Waals surface area contributed by atoms with Crippen molar-refractivity contribution in [2.75, 3.05) is 6.54 Å². The van der Waals surface area contributed by atoms with Crippen molar-refractivity contribution in [2.45, 2.75) is 26.8 Å². The Balaban J connectivity index is 2.03. The maximum atomic E-state index is 12.1. The fourth-order valence-corrected chi connectivity index (χ4v) is 2.44. The van der Waals surface area contributed by atoms with Crippen molar-refractivity contribution in [1.29, 1.82) is 0 Å². The van der Waals surface area contributed by atoms with Gasteiger partial charge in [0, 0.05) is 6.54 Å². The van der Waals surface area contributed by atoms with E-state index in [4.69, 9.17) is 0 Å². The minimum atomic E-state index is -0.162. The van der Waals surface area contributed by atoms with Gasteiger partial charge in [-0.1, -0.05) is 13.8 Å². The van der Waals surface area contributed by atoms with Gasteiger partial charge in [0.05, 0.1) is 11.7 Å². The largest absolute Gasteiger partial charge is 0.355 e. The number of carbonyl (C=O) groups excluding carboxylic acids is 1. The Kier molecular flexibility index (Phi) is 4.31. The molecule has 0 aromatic carbocycles. The molecule has 2 heterocycles. The average molecular weight is 279 g/mol. The third-order valence-electron chi connectivity index (χ3n) is 2.81. The Morgan fingerprint density at radius 3 is 3.05 bits per heavy atom. The Hall–Kier alpha value is -1.69. The molecule has 6 heteroatoms. The molecule has 0 fully saturated rings. The van der Waals surface area contributed by atoms with Gasteiger partial charge in [-0.15, -0.1) is 11.3 Å². The molecule has 2 aromatic heterocycles. The van der Waals surface area contributed by atoms with Gasteiger partial charge in [0.25, 0.3) is 5.56 Å². The molecular weight excluding hydrogens is 262 g/mol. The molecule has 0 radical (unpaired) electrons. The summed E-state index contributed by atoms with van der Waals surface area (Å²) in [5.74, 6) is 0.394. The van der Waals surface area contributed by atoms with E-state index in [2.05, 4.69) is 24.1 Å². The number of hydrogen-bond donors (Lipinski definition) is 1. The van der Waals surface area contributed by atoms with E-state index in [1.54, 1.807) is 6.07 Å². The van der Waals surface area contributed by atoms with E-state index in [9.17, 15) is 9.59 Å². The van der Waals surface area contributed by atoms with E-state index in [1.807, 2.05) is 5.38 Å². The Morgan fingerprint density at radius 1 is 1.53 bits per heavy atom. The van der Waals surface area contributed by atoms with Crippen LogP contribution < -0.4 is 10.9 Å². The van der Waals surface area contributed by atoms with Gasteiger partial charge >= 0.3 is 0 Å². The standard InChI is InChI=1S/C13H17N3O2S/c1-9(2)3-5-14-11(17)7-16-8-15-12-10(13(16)18)4-6-19-12/h4,6,8-9H,3,5,7H2,1-2H3,(H,14,17). The van der Waals surface area contributed by atoms with Crippen LogP contribution in [0.4, 0.5) is 0 Å². The van der Waals surface area contributed by atoms with Gasteiger partial charge in [-0.3, -0.25) is 14.2 Å². The molecule has 0 aliphatic rings. The van der Waals surface area contributed by atoms with Crippen molar-refractivity contribution in [3.63, 3.8) is 0 Å². The molecule has 0 spiro atoms. The van der Waals surface area contributed by atoms with Crippen LogP contribution >= 0.6 is 11.3 Å². The molecule has 0 aliphatic carbocycles. The monoisotopic (exact) mass is 279 g/mol. The van der Waals surface area contributed by atoms with Gasteiger partial charge in [0.2, 0.25) is 5.91 Å². The summed E-state index contributed by atoms with van der Waals surface area (Å²) < 4.78 is 1.35. The predicted molar refractivity (Wildman–Crippen MR) is 76.3 cm³/mol. The van der Waals surface area contributed by atoms with Gasteiger partial charge in [-0.05, 0) is 23.8 Å². The van der Waals surface area contributed by atoms with Crippen LogP contribution in [-0.4, -0.2) is 22.0 Å². The second-order valence-electron chi connectivity index (χ2n) is 4.85. The van der Waals surface area contributed by atoms with Crippen LogP contribution in [0.3, 0.4) is 0 Å². The minimum Gasteiger partial charge on any atom is -0.355 e. The normalized spacial score (nSPS) is 11.1. The highest BCUT2D eigenvalue weighted by atomic mass is 32.1. The first kappa shape index (κ1) is 13.7. The number of nitrogens with zero attached hydrogens (tertiary/aromatic N) is 2. The molecule has 19 heavy (non-hydrogen) atoms. The Morgan fingerprint density at radius 2 is 2.32 bits per heavy atom. The van der Waals surface area contributed by atoms with Crippen LogP contribution in [0.25, 0.3) is 10.2 Å². The Bertz CT molecular complexity index is 630. The lowest BCUT2D eigenvalue weighted by atomic mass is 10.1. The molecular formula is C13H17N3O2S. The average Bonchev–Trinajstić information content (AvgIpc) is 2.81. The van der Waals surface area contributed by atoms with Crippen LogP contribution in [-0.2, 0) is 11.3 Å². The number of nitrogens with one attached hydrogen (secondary N) is 1. The SMILES string of the molecule is CC(C)CCNC(=O)Cn1cnc2sccc2c1=O. The lowest BCUT2D eigenvalue weighted by Crippen LogP contribution is -2.33. The number of hydrogen-bond acceptors (Lipinski definition) is 4. The van der Waals surface area contributed by atoms with Crippen LogP contribution in [0.1, 0.15) is 20.3 Å². The third kappa shape index (κ3) is 3.41. The molecule has 0 atom stereocenters. The molecule has 0 saturated heterocycles. The zero-order chi connectivity index (χ0) is 13.8. The number of aromatic nitrogens is 2. The van der Waals surface area contributed by atoms with Crippen LogP contribution in [0.15, 0.2) is 22.6 Å². The van der Waals surface area contributed by atoms with Gasteiger partial charge in [0.1, 0.15) is 11.4 Å². The molecule has 0 aliphatic heterocycles. The zero-order valence-corrected chi connectivity index (χ0v) is 11.9. The summed E-state index contributed by atoms with van der Waals surface area (Å²) in [6.45, 7) is 4.87. The van der Waals surface area contributed by atoms with Crippen molar-refractivity contribution >= 4 is 27.5 Å². The van der Waals surface area contributed by atoms with Gasteiger partial charge < -0.3 is 5.32 Å². The van der Waals surface area contributed by atoms with Crippen molar-refractivity contribution in [3.8, 4) is 0 Å². The fraction of sp³-hybridized carbons (Fsp3) is 0.462. The molecule has 0 unspecified atom stereocenters. The molecule has 2 aromatic rings. The maximum Gasteiger partial charge on any atom is 0.262 e. The lowest BCUT2D eigenvalue weighted by Gasteiger charge is -2.08. The third-order valence-corrected chi connectivity index (χ3v) is 3.63. The van der Waals surface area contributed by atoms with Crippen LogP contribution in [0.2, 0.25) is 0 Å². The minimum absolute atomic E-state index is 0.0235. The summed E-state index contributed by atoms with van der Waals surface area (Å²) in [6, 6.07) is 1.74. The second-order valence-corrected chi connectivity index (χ2v) is 5.74. The van der Waals surface area contributed by atoms with E-state index in [1.165, 1.54) is 22.2 Å². The summed E-state index contributed by atoms with van der Waals surface area (Å²) in [5, 5.41) is 5.21. The van der Waals surface area contributed by atoms with E-state index in [-0.39, 0.29) is 18.0 Å². The summed E-state index contributed by atoms with van der Waals surface area (Å²) in [5.41, 5.74) is -0.162. The highest BCUT2D eigenvalue weighted by Crippen LogP contribution is 2.13. The van der Waals surface area contributed by atoms with Gasteiger partial charge in [-0.25, -0.2) is 4.98 Å². The molecule has 0 bridgehead atoms. The highest BCUT2D eigenvalue weighted by Gasteiger charge is 2.08. The Labute approximate surface area is 115 Å². The van der Waals surface area contributed by atoms with E-state index in [0.717, 1.165) is 6.42 Å². The summed E-state index contributed by atoms with van der Waals surface area (Å²) in [6.07, 6.45) is 2.37. The van der Waals surface area contributed by atoms with Crippen molar-refractivity contribution < 1.29 is 4.79 Å². The molecule has 2 rings (SSSR count). The van der Waals surface area contributed by atoms with Crippen molar-refractivity contribution in [1.82, 2.24) is 14.9 Å². The number of rotatable bonds is 5. The predicted octanol–water partition coefficient (Wildman–Crippen LogP) is 1.62. The first-order valence-electron chi connectivity index (χ1n) is 6.27. The molecule has 0 saturated carbocycles. The first-order valence-corrected chi connectivity index (χ1v) is 7.15. The summed E-state index contributed by atoms with van der Waals surface area (Å²) >= 11 is 1.42. The number of thiophene rings is 1. The fourth-order valence-electron chi connectivity index (χ4n) is 1.72. The lowest BCUT2D eigenvalue weighted by molar-refractivity contribution is -0.121. The zero-order valence-electron chi connectivity index (χ0n) is 11.0. The first-order chi connectivity index (χ1) is 9.08. The van der Waals surface area contributed by atoms with E-state index < -0.39 is 0 Å². The molecule has 102 valence electrons.